The lowest BCUT2D eigenvalue weighted by Gasteiger charge is -2.08. The number of halogens is 4. The molecule has 0 radical (unpaired) electrons. The van der Waals surface area contributed by atoms with Crippen LogP contribution in [-0.2, 0) is 6.61 Å². The van der Waals surface area contributed by atoms with Gasteiger partial charge in [0.2, 0.25) is 5.95 Å². The second kappa shape index (κ2) is 5.09. The van der Waals surface area contributed by atoms with E-state index < -0.39 is 35.4 Å². The van der Waals surface area contributed by atoms with Crippen molar-refractivity contribution in [1.82, 2.24) is 9.97 Å². The van der Waals surface area contributed by atoms with Gasteiger partial charge < -0.3 is 10.5 Å². The average Bonchev–Trinajstić information content (AvgIpc) is 2.38. The van der Waals surface area contributed by atoms with E-state index in [2.05, 4.69) is 9.97 Å². The Morgan fingerprint density at radius 3 is 2.05 bits per heavy atom. The van der Waals surface area contributed by atoms with Crippen molar-refractivity contribution >= 4 is 5.95 Å². The minimum Gasteiger partial charge on any atom is -0.485 e. The molecule has 0 aliphatic rings. The maximum atomic E-state index is 13.3. The van der Waals surface area contributed by atoms with Crippen LogP contribution in [0.25, 0.3) is 0 Å². The summed E-state index contributed by atoms with van der Waals surface area (Å²) in [5.74, 6) is -5.96. The zero-order chi connectivity index (χ0) is 14.0. The molecular formula is C11H7F4N3O. The second-order valence-corrected chi connectivity index (χ2v) is 3.51. The van der Waals surface area contributed by atoms with Crippen molar-refractivity contribution in [2.45, 2.75) is 6.61 Å². The first kappa shape index (κ1) is 13.1. The van der Waals surface area contributed by atoms with Crippen molar-refractivity contribution in [2.75, 3.05) is 5.73 Å². The molecule has 19 heavy (non-hydrogen) atoms. The van der Waals surface area contributed by atoms with Gasteiger partial charge in [-0.05, 0) is 0 Å². The topological polar surface area (TPSA) is 61.0 Å². The molecule has 0 aliphatic carbocycles. The number of nitrogens with two attached hydrogens (primary N) is 1. The summed E-state index contributed by atoms with van der Waals surface area (Å²) in [6.07, 6.45) is 2.32. The molecule has 0 unspecified atom stereocenters. The van der Waals surface area contributed by atoms with E-state index in [0.717, 1.165) is 12.4 Å². The third kappa shape index (κ3) is 2.72. The first-order valence-corrected chi connectivity index (χ1v) is 5.01. The highest BCUT2D eigenvalue weighted by Crippen LogP contribution is 2.21. The molecule has 0 saturated carbocycles. The highest BCUT2D eigenvalue weighted by Gasteiger charge is 2.19. The van der Waals surface area contributed by atoms with Gasteiger partial charge in [-0.25, -0.2) is 27.5 Å². The lowest BCUT2D eigenvalue weighted by Crippen LogP contribution is -2.07. The van der Waals surface area contributed by atoms with Crippen LogP contribution in [0.15, 0.2) is 18.5 Å². The fourth-order valence-electron chi connectivity index (χ4n) is 1.31. The summed E-state index contributed by atoms with van der Waals surface area (Å²) in [6, 6.07) is 0.125. The van der Waals surface area contributed by atoms with Crippen molar-refractivity contribution in [2.24, 2.45) is 0 Å². The summed E-state index contributed by atoms with van der Waals surface area (Å²) in [5.41, 5.74) is 4.37. The van der Waals surface area contributed by atoms with Crippen molar-refractivity contribution in [3.05, 3.63) is 47.3 Å². The van der Waals surface area contributed by atoms with Gasteiger partial charge in [0.1, 0.15) is 6.61 Å². The Bertz CT molecular complexity index is 578. The van der Waals surface area contributed by atoms with E-state index >= 15 is 0 Å². The highest BCUT2D eigenvalue weighted by molar-refractivity contribution is 5.24. The Labute approximate surface area is 104 Å². The molecule has 1 aromatic carbocycles. The minimum absolute atomic E-state index is 0.0125. The Morgan fingerprint density at radius 2 is 1.53 bits per heavy atom. The molecule has 0 aliphatic heterocycles. The van der Waals surface area contributed by atoms with Crippen LogP contribution in [0.4, 0.5) is 23.5 Å². The molecule has 4 nitrogen and oxygen atoms in total. The highest BCUT2D eigenvalue weighted by atomic mass is 19.2. The van der Waals surface area contributed by atoms with Gasteiger partial charge in [0, 0.05) is 6.07 Å². The van der Waals surface area contributed by atoms with Gasteiger partial charge in [-0.2, -0.15) is 0 Å². The van der Waals surface area contributed by atoms with E-state index in [1.165, 1.54) is 0 Å². The molecule has 2 aromatic rings. The zero-order valence-corrected chi connectivity index (χ0v) is 9.33. The van der Waals surface area contributed by atoms with Gasteiger partial charge >= 0.3 is 0 Å². The largest absolute Gasteiger partial charge is 0.485 e. The number of rotatable bonds is 3. The fraction of sp³-hybridized carbons (Fsp3) is 0.0909. The van der Waals surface area contributed by atoms with Crippen LogP contribution in [0.3, 0.4) is 0 Å². The Hall–Kier alpha value is -2.38. The third-order valence-electron chi connectivity index (χ3n) is 2.23. The van der Waals surface area contributed by atoms with E-state index in [9.17, 15) is 17.6 Å². The summed E-state index contributed by atoms with van der Waals surface area (Å²) in [7, 11) is 0. The molecule has 0 bridgehead atoms. The summed E-state index contributed by atoms with van der Waals surface area (Å²) >= 11 is 0. The molecule has 1 heterocycles. The lowest BCUT2D eigenvalue weighted by atomic mass is 10.2. The number of nitrogen functional groups attached to an aromatic ring is 1. The number of benzene rings is 1. The zero-order valence-electron chi connectivity index (χ0n) is 9.33. The number of hydrogen-bond donors (Lipinski definition) is 1. The van der Waals surface area contributed by atoms with Gasteiger partial charge in [-0.3, -0.25) is 0 Å². The predicted molar refractivity (Wildman–Crippen MR) is 57.1 cm³/mol. The summed E-state index contributed by atoms with van der Waals surface area (Å²) in [6.45, 7) is -0.709. The quantitative estimate of drug-likeness (QED) is 0.688. The first-order valence-electron chi connectivity index (χ1n) is 5.01. The van der Waals surface area contributed by atoms with E-state index in [-0.39, 0.29) is 17.8 Å². The maximum absolute atomic E-state index is 13.3. The monoisotopic (exact) mass is 273 g/mol. The number of nitrogens with zero attached hydrogens (tertiary/aromatic N) is 2. The number of anilines is 1. The van der Waals surface area contributed by atoms with Crippen molar-refractivity contribution in [3.8, 4) is 5.75 Å². The van der Waals surface area contributed by atoms with E-state index in [1.54, 1.807) is 0 Å². The molecule has 0 saturated heterocycles. The van der Waals surface area contributed by atoms with Crippen molar-refractivity contribution in [1.29, 1.82) is 0 Å². The van der Waals surface area contributed by atoms with Gasteiger partial charge in [-0.15, -0.1) is 0 Å². The van der Waals surface area contributed by atoms with Crippen LogP contribution in [0.1, 0.15) is 5.56 Å². The van der Waals surface area contributed by atoms with Gasteiger partial charge in [0.25, 0.3) is 0 Å². The summed E-state index contributed by atoms with van der Waals surface area (Å²) < 4.78 is 57.4. The molecule has 8 heteroatoms. The Kier molecular flexibility index (Phi) is 3.50. The minimum atomic E-state index is -1.50. The summed E-state index contributed by atoms with van der Waals surface area (Å²) in [4.78, 5) is 7.15. The molecule has 100 valence electrons. The molecule has 0 atom stereocenters. The van der Waals surface area contributed by atoms with Gasteiger partial charge in [0.05, 0.1) is 18.0 Å². The molecular weight excluding hydrogens is 266 g/mol. The van der Waals surface area contributed by atoms with E-state index in [0.29, 0.717) is 0 Å². The number of aromatic nitrogens is 2. The molecule has 2 rings (SSSR count). The second-order valence-electron chi connectivity index (χ2n) is 3.51. The molecule has 0 fully saturated rings. The SMILES string of the molecule is Nc1ncc(OCc2c(F)c(F)cc(F)c2F)cn1. The predicted octanol–water partition coefficient (Wildman–Crippen LogP) is 2.19. The average molecular weight is 273 g/mol. The van der Waals surface area contributed by atoms with Crippen LogP contribution in [0.5, 0.6) is 5.75 Å². The third-order valence-corrected chi connectivity index (χ3v) is 2.23. The van der Waals surface area contributed by atoms with Crippen LogP contribution in [0, 0.1) is 23.3 Å². The van der Waals surface area contributed by atoms with Crippen molar-refractivity contribution in [3.63, 3.8) is 0 Å². The lowest BCUT2D eigenvalue weighted by molar-refractivity contribution is 0.283. The Balaban J connectivity index is 2.22. The number of hydrogen-bond acceptors (Lipinski definition) is 4. The molecule has 0 amide bonds. The fourth-order valence-corrected chi connectivity index (χ4v) is 1.31. The Morgan fingerprint density at radius 1 is 1.00 bits per heavy atom. The van der Waals surface area contributed by atoms with E-state index in [1.807, 2.05) is 0 Å². The number of ether oxygens (including phenoxy) is 1. The van der Waals surface area contributed by atoms with Gasteiger partial charge in [0.15, 0.2) is 29.0 Å². The normalized spacial score (nSPS) is 10.5. The standard InChI is InChI=1S/C11H7F4N3O/c12-7-1-8(13)10(15)6(9(7)14)4-19-5-2-17-11(16)18-3-5/h1-3H,4H2,(H2,16,17,18). The maximum Gasteiger partial charge on any atom is 0.220 e. The summed E-state index contributed by atoms with van der Waals surface area (Å²) in [5, 5.41) is 0. The first-order chi connectivity index (χ1) is 8.99. The van der Waals surface area contributed by atoms with Crippen molar-refractivity contribution < 1.29 is 22.3 Å². The smallest absolute Gasteiger partial charge is 0.220 e. The van der Waals surface area contributed by atoms with Crippen LogP contribution in [-0.4, -0.2) is 9.97 Å². The van der Waals surface area contributed by atoms with E-state index in [4.69, 9.17) is 10.5 Å². The van der Waals surface area contributed by atoms with Crippen LogP contribution < -0.4 is 10.5 Å². The molecule has 0 spiro atoms. The molecule has 2 N–H and O–H groups in total. The van der Waals surface area contributed by atoms with Gasteiger partial charge in [-0.1, -0.05) is 0 Å². The van der Waals surface area contributed by atoms with Crippen LogP contribution >= 0.6 is 0 Å². The van der Waals surface area contributed by atoms with Crippen LogP contribution in [0.2, 0.25) is 0 Å². The molecule has 1 aromatic heterocycles.